The fourth-order valence-electron chi connectivity index (χ4n) is 2.92. The molecule has 0 amide bonds. The van der Waals surface area contributed by atoms with Gasteiger partial charge in [0.05, 0.1) is 11.0 Å². The lowest BCUT2D eigenvalue weighted by molar-refractivity contribution is 0.310. The standard InChI is InChI=1S/C17H26N4/c1-14(2)8-9-21-16-7-5-4-6-15(16)18-17(21)20-12-10-19(3)11-13-20/h4-7,14H,8-13H2,1-3H3. The van der Waals surface area contributed by atoms with Crippen LogP contribution in [0.1, 0.15) is 20.3 Å². The molecule has 0 radical (unpaired) electrons. The predicted octanol–water partition coefficient (Wildman–Crippen LogP) is 2.83. The van der Waals surface area contributed by atoms with Gasteiger partial charge in [-0.05, 0) is 31.5 Å². The van der Waals surface area contributed by atoms with E-state index in [0.717, 1.165) is 44.2 Å². The number of likely N-dealkylation sites (N-methyl/N-ethyl adjacent to an activating group) is 1. The van der Waals surface area contributed by atoms with E-state index in [1.54, 1.807) is 0 Å². The Morgan fingerprint density at radius 2 is 1.81 bits per heavy atom. The van der Waals surface area contributed by atoms with E-state index in [9.17, 15) is 0 Å². The van der Waals surface area contributed by atoms with Gasteiger partial charge in [0.15, 0.2) is 0 Å². The van der Waals surface area contributed by atoms with Gasteiger partial charge in [0, 0.05) is 32.7 Å². The van der Waals surface area contributed by atoms with Crippen LogP contribution in [0.2, 0.25) is 0 Å². The van der Waals surface area contributed by atoms with Crippen LogP contribution in [-0.2, 0) is 6.54 Å². The summed E-state index contributed by atoms with van der Waals surface area (Å²) in [5.74, 6) is 1.87. The highest BCUT2D eigenvalue weighted by Crippen LogP contribution is 2.24. The van der Waals surface area contributed by atoms with Crippen molar-refractivity contribution in [3.8, 4) is 0 Å². The highest BCUT2D eigenvalue weighted by atomic mass is 15.3. The van der Waals surface area contributed by atoms with Gasteiger partial charge in [0.25, 0.3) is 0 Å². The summed E-state index contributed by atoms with van der Waals surface area (Å²) in [6.07, 6.45) is 1.20. The normalized spacial score (nSPS) is 17.0. The lowest BCUT2D eigenvalue weighted by Crippen LogP contribution is -2.45. The molecule has 0 aliphatic carbocycles. The number of anilines is 1. The first kappa shape index (κ1) is 14.4. The number of hydrogen-bond donors (Lipinski definition) is 0. The quantitative estimate of drug-likeness (QED) is 0.864. The Morgan fingerprint density at radius 1 is 1.10 bits per heavy atom. The Kier molecular flexibility index (Phi) is 4.15. The topological polar surface area (TPSA) is 24.3 Å². The zero-order valence-corrected chi connectivity index (χ0v) is 13.4. The first-order chi connectivity index (χ1) is 10.1. The summed E-state index contributed by atoms with van der Waals surface area (Å²) < 4.78 is 2.42. The number of fused-ring (bicyclic) bond motifs is 1. The van der Waals surface area contributed by atoms with Crippen LogP contribution in [0.15, 0.2) is 24.3 Å². The third-order valence-electron chi connectivity index (χ3n) is 4.35. The lowest BCUT2D eigenvalue weighted by atomic mass is 10.1. The van der Waals surface area contributed by atoms with Crippen molar-refractivity contribution in [1.29, 1.82) is 0 Å². The fraction of sp³-hybridized carbons (Fsp3) is 0.588. The van der Waals surface area contributed by atoms with Crippen LogP contribution in [0.5, 0.6) is 0 Å². The first-order valence-corrected chi connectivity index (χ1v) is 8.04. The second kappa shape index (κ2) is 6.06. The fourth-order valence-corrected chi connectivity index (χ4v) is 2.92. The number of aryl methyl sites for hydroxylation is 1. The minimum absolute atomic E-state index is 0.714. The number of nitrogens with zero attached hydrogens (tertiary/aromatic N) is 4. The Morgan fingerprint density at radius 3 is 2.52 bits per heavy atom. The van der Waals surface area contributed by atoms with Crippen molar-refractivity contribution >= 4 is 17.0 Å². The second-order valence-corrected chi connectivity index (χ2v) is 6.53. The van der Waals surface area contributed by atoms with Crippen molar-refractivity contribution in [3.63, 3.8) is 0 Å². The molecule has 1 aliphatic rings. The molecule has 0 spiro atoms. The zero-order valence-electron chi connectivity index (χ0n) is 13.4. The maximum atomic E-state index is 4.91. The van der Waals surface area contributed by atoms with Crippen molar-refractivity contribution in [3.05, 3.63) is 24.3 Å². The maximum absolute atomic E-state index is 4.91. The van der Waals surface area contributed by atoms with Crippen LogP contribution in [0, 0.1) is 5.92 Å². The molecule has 4 nitrogen and oxygen atoms in total. The minimum Gasteiger partial charge on any atom is -0.340 e. The third kappa shape index (κ3) is 3.05. The zero-order chi connectivity index (χ0) is 14.8. The van der Waals surface area contributed by atoms with Crippen LogP contribution < -0.4 is 4.90 Å². The van der Waals surface area contributed by atoms with Crippen molar-refractivity contribution in [2.45, 2.75) is 26.8 Å². The van der Waals surface area contributed by atoms with Gasteiger partial charge in [0.2, 0.25) is 5.95 Å². The summed E-state index contributed by atoms with van der Waals surface area (Å²) in [6.45, 7) is 10.0. The summed E-state index contributed by atoms with van der Waals surface area (Å²) in [5, 5.41) is 0. The van der Waals surface area contributed by atoms with Gasteiger partial charge >= 0.3 is 0 Å². The highest BCUT2D eigenvalue weighted by molar-refractivity contribution is 5.78. The van der Waals surface area contributed by atoms with Crippen LogP contribution in [0.4, 0.5) is 5.95 Å². The molecule has 1 saturated heterocycles. The summed E-state index contributed by atoms with van der Waals surface area (Å²) in [4.78, 5) is 9.74. The number of piperazine rings is 1. The maximum Gasteiger partial charge on any atom is 0.206 e. The third-order valence-corrected chi connectivity index (χ3v) is 4.35. The monoisotopic (exact) mass is 286 g/mol. The Bertz CT molecular complexity index is 594. The summed E-state index contributed by atoms with van der Waals surface area (Å²) in [6, 6.07) is 8.52. The van der Waals surface area contributed by atoms with Crippen LogP contribution in [0.3, 0.4) is 0 Å². The molecule has 0 bridgehead atoms. The van der Waals surface area contributed by atoms with E-state index in [-0.39, 0.29) is 0 Å². The van der Waals surface area contributed by atoms with Crippen LogP contribution >= 0.6 is 0 Å². The van der Waals surface area contributed by atoms with Crippen molar-refractivity contribution in [2.24, 2.45) is 5.92 Å². The molecule has 3 rings (SSSR count). The molecule has 21 heavy (non-hydrogen) atoms. The summed E-state index contributed by atoms with van der Waals surface area (Å²) >= 11 is 0. The van der Waals surface area contributed by atoms with E-state index in [0.29, 0.717) is 5.92 Å². The highest BCUT2D eigenvalue weighted by Gasteiger charge is 2.20. The molecule has 1 aliphatic heterocycles. The van der Waals surface area contributed by atoms with E-state index in [2.05, 4.69) is 59.5 Å². The molecular weight excluding hydrogens is 260 g/mol. The largest absolute Gasteiger partial charge is 0.340 e. The van der Waals surface area contributed by atoms with E-state index in [1.807, 2.05) is 0 Å². The molecule has 2 aromatic rings. The predicted molar refractivity (Wildman–Crippen MR) is 88.9 cm³/mol. The van der Waals surface area contributed by atoms with Crippen molar-refractivity contribution < 1.29 is 0 Å². The van der Waals surface area contributed by atoms with Gasteiger partial charge in [0.1, 0.15) is 0 Å². The molecule has 0 atom stereocenters. The van der Waals surface area contributed by atoms with Crippen LogP contribution in [0.25, 0.3) is 11.0 Å². The lowest BCUT2D eigenvalue weighted by Gasteiger charge is -2.33. The number of imidazole rings is 1. The molecule has 114 valence electrons. The van der Waals surface area contributed by atoms with E-state index in [4.69, 9.17) is 4.98 Å². The summed E-state index contributed by atoms with van der Waals surface area (Å²) in [5.41, 5.74) is 2.39. The first-order valence-electron chi connectivity index (χ1n) is 8.04. The molecule has 2 heterocycles. The summed E-state index contributed by atoms with van der Waals surface area (Å²) in [7, 11) is 2.19. The number of aromatic nitrogens is 2. The number of benzene rings is 1. The van der Waals surface area contributed by atoms with Gasteiger partial charge < -0.3 is 14.4 Å². The second-order valence-electron chi connectivity index (χ2n) is 6.53. The molecular formula is C17H26N4. The smallest absolute Gasteiger partial charge is 0.206 e. The van der Waals surface area contributed by atoms with E-state index < -0.39 is 0 Å². The molecule has 1 aromatic heterocycles. The van der Waals surface area contributed by atoms with E-state index in [1.165, 1.54) is 11.9 Å². The molecule has 1 fully saturated rings. The molecule has 0 saturated carbocycles. The van der Waals surface area contributed by atoms with Crippen LogP contribution in [-0.4, -0.2) is 47.7 Å². The average Bonchev–Trinajstić information content (AvgIpc) is 2.84. The van der Waals surface area contributed by atoms with Gasteiger partial charge in [-0.25, -0.2) is 4.98 Å². The molecule has 0 N–H and O–H groups in total. The van der Waals surface area contributed by atoms with Crippen molar-refractivity contribution in [2.75, 3.05) is 38.1 Å². The van der Waals surface area contributed by atoms with Gasteiger partial charge in [-0.15, -0.1) is 0 Å². The number of rotatable bonds is 4. The molecule has 0 unspecified atom stereocenters. The molecule has 4 heteroatoms. The SMILES string of the molecule is CC(C)CCn1c(N2CCN(C)CC2)nc2ccccc21. The van der Waals surface area contributed by atoms with Crippen molar-refractivity contribution in [1.82, 2.24) is 14.5 Å². The van der Waals surface area contributed by atoms with Gasteiger partial charge in [-0.3, -0.25) is 0 Å². The Balaban J connectivity index is 1.94. The molecule has 1 aromatic carbocycles. The minimum atomic E-state index is 0.714. The average molecular weight is 286 g/mol. The Labute approximate surface area is 127 Å². The Hall–Kier alpha value is -1.55. The van der Waals surface area contributed by atoms with Gasteiger partial charge in [-0.2, -0.15) is 0 Å². The van der Waals surface area contributed by atoms with Gasteiger partial charge in [-0.1, -0.05) is 26.0 Å². The number of para-hydroxylation sites is 2. The number of hydrogen-bond acceptors (Lipinski definition) is 3. The van der Waals surface area contributed by atoms with E-state index >= 15 is 0 Å².